The van der Waals surface area contributed by atoms with Gasteiger partial charge in [0, 0.05) is 24.3 Å². The number of alkyl halides is 3. The maximum Gasteiger partial charge on any atom is 0.393 e. The van der Waals surface area contributed by atoms with Crippen molar-refractivity contribution in [1.29, 1.82) is 0 Å². The summed E-state index contributed by atoms with van der Waals surface area (Å²) in [6.45, 7) is 2.07. The van der Waals surface area contributed by atoms with Crippen LogP contribution in [0.5, 0.6) is 5.75 Å². The third-order valence-electron chi connectivity index (χ3n) is 3.91. The Kier molecular flexibility index (Phi) is 4.66. The highest BCUT2D eigenvalue weighted by Gasteiger charge is 2.42. The van der Waals surface area contributed by atoms with Gasteiger partial charge in [0.1, 0.15) is 5.75 Å². The number of rotatable bonds is 3. The average Bonchev–Trinajstić information content (AvgIpc) is 2.45. The first-order valence-electron chi connectivity index (χ1n) is 7.01. The first kappa shape index (κ1) is 15.9. The van der Waals surface area contributed by atoms with Crippen molar-refractivity contribution in [1.82, 2.24) is 0 Å². The van der Waals surface area contributed by atoms with E-state index in [1.54, 1.807) is 30.0 Å². The molecule has 0 bridgehead atoms. The summed E-state index contributed by atoms with van der Waals surface area (Å²) in [6, 6.07) is 5.18. The number of hydrogen-bond donors (Lipinski definition) is 1. The van der Waals surface area contributed by atoms with Crippen LogP contribution in [0.25, 0.3) is 0 Å². The van der Waals surface area contributed by atoms with Gasteiger partial charge >= 0.3 is 6.18 Å². The number of aliphatic hydroxyl groups is 1. The number of benzene rings is 1. The first-order valence-corrected chi connectivity index (χ1v) is 7.01. The Labute approximate surface area is 122 Å². The van der Waals surface area contributed by atoms with Crippen LogP contribution in [0.1, 0.15) is 31.4 Å². The molecular weight excluding hydrogens is 283 g/mol. The van der Waals surface area contributed by atoms with Crippen molar-refractivity contribution in [2.24, 2.45) is 5.92 Å². The zero-order valence-corrected chi connectivity index (χ0v) is 12.2. The lowest BCUT2D eigenvalue weighted by atomic mass is 9.95. The number of anilines is 1. The molecule has 3 nitrogen and oxygen atoms in total. The van der Waals surface area contributed by atoms with E-state index in [1.165, 1.54) is 7.11 Å². The second-order valence-corrected chi connectivity index (χ2v) is 5.40. The van der Waals surface area contributed by atoms with Crippen molar-refractivity contribution < 1.29 is 23.0 Å². The normalized spacial score (nSPS) is 21.2. The van der Waals surface area contributed by atoms with Crippen molar-refractivity contribution in [3.05, 3.63) is 23.8 Å². The van der Waals surface area contributed by atoms with Crippen LogP contribution >= 0.6 is 0 Å². The lowest BCUT2D eigenvalue weighted by Crippen LogP contribution is -2.42. The molecule has 0 saturated carbocycles. The van der Waals surface area contributed by atoms with Crippen molar-refractivity contribution in [3.63, 3.8) is 0 Å². The Bertz CT molecular complexity index is 488. The minimum atomic E-state index is -4.18. The summed E-state index contributed by atoms with van der Waals surface area (Å²) in [6.07, 6.45) is -4.33. The van der Waals surface area contributed by atoms with E-state index in [2.05, 4.69) is 0 Å². The summed E-state index contributed by atoms with van der Waals surface area (Å²) in [4.78, 5) is 1.70. The van der Waals surface area contributed by atoms with Crippen LogP contribution < -0.4 is 9.64 Å². The maximum atomic E-state index is 12.9. The number of aliphatic hydroxyl groups excluding tert-OH is 1. The Morgan fingerprint density at radius 1 is 1.38 bits per heavy atom. The fourth-order valence-electron chi connectivity index (χ4n) is 2.87. The molecule has 1 fully saturated rings. The third kappa shape index (κ3) is 3.43. The van der Waals surface area contributed by atoms with Crippen LogP contribution in [0, 0.1) is 5.92 Å². The van der Waals surface area contributed by atoms with Gasteiger partial charge in [0.15, 0.2) is 0 Å². The molecule has 2 atom stereocenters. The summed E-state index contributed by atoms with van der Waals surface area (Å²) >= 11 is 0. The van der Waals surface area contributed by atoms with E-state index in [9.17, 15) is 18.3 Å². The minimum absolute atomic E-state index is 0.0730. The number of halogens is 3. The Morgan fingerprint density at radius 2 is 2.10 bits per heavy atom. The first-order chi connectivity index (χ1) is 9.84. The van der Waals surface area contributed by atoms with E-state index in [0.29, 0.717) is 30.0 Å². The fraction of sp³-hybridized carbons (Fsp3) is 0.600. The highest BCUT2D eigenvalue weighted by Crippen LogP contribution is 2.39. The van der Waals surface area contributed by atoms with Crippen LogP contribution in [0.15, 0.2) is 18.2 Å². The molecule has 21 heavy (non-hydrogen) atoms. The molecule has 0 spiro atoms. The molecule has 1 aliphatic heterocycles. The molecule has 1 heterocycles. The number of methoxy groups -OCH3 is 1. The van der Waals surface area contributed by atoms with Gasteiger partial charge in [0.2, 0.25) is 0 Å². The third-order valence-corrected chi connectivity index (χ3v) is 3.91. The SMILES string of the molecule is COc1cccc(N2CCCC(C(F)(F)F)C2)c1[C@@H](C)O. The monoisotopic (exact) mass is 303 g/mol. The van der Waals surface area contributed by atoms with Crippen molar-refractivity contribution in [2.45, 2.75) is 32.0 Å². The van der Waals surface area contributed by atoms with Crippen molar-refractivity contribution >= 4 is 5.69 Å². The predicted molar refractivity (Wildman–Crippen MR) is 74.6 cm³/mol. The van der Waals surface area contributed by atoms with E-state index < -0.39 is 18.2 Å². The molecular formula is C15H20F3NO2. The molecule has 1 N–H and O–H groups in total. The Balaban J connectivity index is 2.33. The Morgan fingerprint density at radius 3 is 2.67 bits per heavy atom. The van der Waals surface area contributed by atoms with Crippen molar-refractivity contribution in [2.75, 3.05) is 25.1 Å². The van der Waals surface area contributed by atoms with Gasteiger partial charge in [0.25, 0.3) is 0 Å². The van der Waals surface area contributed by atoms with Crippen LogP contribution in [-0.4, -0.2) is 31.5 Å². The lowest BCUT2D eigenvalue weighted by Gasteiger charge is -2.36. The fourth-order valence-corrected chi connectivity index (χ4v) is 2.87. The van der Waals surface area contributed by atoms with E-state index in [0.717, 1.165) is 0 Å². The van der Waals surface area contributed by atoms with Crippen LogP contribution in [0.2, 0.25) is 0 Å². The standard InChI is InChI=1S/C15H20F3NO2/c1-10(20)14-12(6-3-7-13(14)21-2)19-8-4-5-11(9-19)15(16,17)18/h3,6-7,10-11,20H,4-5,8-9H2,1-2H3/t10-,11?/m1/s1. The highest BCUT2D eigenvalue weighted by atomic mass is 19.4. The average molecular weight is 303 g/mol. The zero-order chi connectivity index (χ0) is 15.6. The van der Waals surface area contributed by atoms with E-state index in [-0.39, 0.29) is 13.0 Å². The molecule has 0 aliphatic carbocycles. The van der Waals surface area contributed by atoms with Gasteiger partial charge in [-0.2, -0.15) is 13.2 Å². The molecule has 1 aliphatic rings. The molecule has 2 rings (SSSR count). The molecule has 0 radical (unpaired) electrons. The lowest BCUT2D eigenvalue weighted by molar-refractivity contribution is -0.176. The summed E-state index contributed by atoms with van der Waals surface area (Å²) in [7, 11) is 1.49. The largest absolute Gasteiger partial charge is 0.496 e. The second kappa shape index (κ2) is 6.13. The Hall–Kier alpha value is -1.43. The van der Waals surface area contributed by atoms with Gasteiger partial charge in [-0.15, -0.1) is 0 Å². The van der Waals surface area contributed by atoms with Crippen LogP contribution in [-0.2, 0) is 0 Å². The molecule has 1 aromatic rings. The molecule has 0 amide bonds. The number of nitrogens with zero attached hydrogens (tertiary/aromatic N) is 1. The molecule has 1 saturated heterocycles. The number of piperidine rings is 1. The van der Waals surface area contributed by atoms with Gasteiger partial charge in [0.05, 0.1) is 19.1 Å². The topological polar surface area (TPSA) is 32.7 Å². The van der Waals surface area contributed by atoms with Gasteiger partial charge < -0.3 is 14.7 Å². The van der Waals surface area contributed by atoms with E-state index in [1.807, 2.05) is 0 Å². The maximum absolute atomic E-state index is 12.9. The summed E-state index contributed by atoms with van der Waals surface area (Å²) in [5.74, 6) is -0.823. The summed E-state index contributed by atoms with van der Waals surface area (Å²) in [5.41, 5.74) is 1.17. The van der Waals surface area contributed by atoms with Crippen LogP contribution in [0.3, 0.4) is 0 Å². The minimum Gasteiger partial charge on any atom is -0.496 e. The quantitative estimate of drug-likeness (QED) is 0.927. The van der Waals surface area contributed by atoms with Crippen LogP contribution in [0.4, 0.5) is 18.9 Å². The predicted octanol–water partition coefficient (Wildman–Crippen LogP) is 3.53. The highest BCUT2D eigenvalue weighted by molar-refractivity contribution is 5.60. The van der Waals surface area contributed by atoms with Gasteiger partial charge in [-0.25, -0.2) is 0 Å². The van der Waals surface area contributed by atoms with Crippen molar-refractivity contribution in [3.8, 4) is 5.75 Å². The summed E-state index contributed by atoms with van der Waals surface area (Å²) < 4.78 is 44.0. The number of hydrogen-bond acceptors (Lipinski definition) is 3. The zero-order valence-electron chi connectivity index (χ0n) is 12.2. The molecule has 1 unspecified atom stereocenters. The molecule has 0 aromatic heterocycles. The van der Waals surface area contributed by atoms with Gasteiger partial charge in [-0.05, 0) is 31.9 Å². The van der Waals surface area contributed by atoms with E-state index >= 15 is 0 Å². The van der Waals surface area contributed by atoms with Gasteiger partial charge in [-0.1, -0.05) is 6.07 Å². The molecule has 1 aromatic carbocycles. The summed E-state index contributed by atoms with van der Waals surface area (Å²) in [5, 5.41) is 9.94. The smallest absolute Gasteiger partial charge is 0.393 e. The molecule has 118 valence electrons. The van der Waals surface area contributed by atoms with Gasteiger partial charge in [-0.3, -0.25) is 0 Å². The van der Waals surface area contributed by atoms with E-state index in [4.69, 9.17) is 4.74 Å². The second-order valence-electron chi connectivity index (χ2n) is 5.40. The molecule has 6 heteroatoms. The number of ether oxygens (including phenoxy) is 1.